The number of hydrogen-bond acceptors (Lipinski definition) is 0. The maximum absolute atomic E-state index is 2.41. The zero-order chi connectivity index (χ0) is 30.1. The first kappa shape index (κ1) is 26.0. The van der Waals surface area contributed by atoms with E-state index in [1.54, 1.807) is 0 Å². The van der Waals surface area contributed by atoms with Crippen LogP contribution >= 0.6 is 0 Å². The van der Waals surface area contributed by atoms with Gasteiger partial charge in [-0.05, 0) is 94.0 Å². The Hall–Kier alpha value is -5.46. The van der Waals surface area contributed by atoms with Crippen LogP contribution in [-0.4, -0.2) is 0 Å². The first-order valence-corrected chi connectivity index (χ1v) is 15.9. The summed E-state index contributed by atoms with van der Waals surface area (Å²) in [5.41, 5.74) is 13.1. The van der Waals surface area contributed by atoms with Crippen LogP contribution in [-0.2, 0) is 5.41 Å². The Balaban J connectivity index is 1.37. The Morgan fingerprint density at radius 3 is 1.56 bits per heavy atom. The molecule has 9 rings (SSSR count). The average Bonchev–Trinajstić information content (AvgIpc) is 3.34. The van der Waals surface area contributed by atoms with E-state index in [2.05, 4.69) is 172 Å². The predicted octanol–water partition coefficient (Wildman–Crippen LogP) is 12.5. The summed E-state index contributed by atoms with van der Waals surface area (Å²) in [7, 11) is 0. The van der Waals surface area contributed by atoms with Gasteiger partial charge in [0, 0.05) is 5.41 Å². The lowest BCUT2D eigenvalue weighted by atomic mass is 9.76. The lowest BCUT2D eigenvalue weighted by Crippen LogP contribution is -2.16. The van der Waals surface area contributed by atoms with Crippen LogP contribution in [0.1, 0.15) is 25.0 Å². The van der Waals surface area contributed by atoms with Crippen molar-refractivity contribution < 1.29 is 0 Å². The fourth-order valence-electron chi connectivity index (χ4n) is 8.07. The smallest absolute Gasteiger partial charge is 0.0165 e. The van der Waals surface area contributed by atoms with Crippen LogP contribution in [0.2, 0.25) is 0 Å². The van der Waals surface area contributed by atoms with Gasteiger partial charge in [0.15, 0.2) is 0 Å². The van der Waals surface area contributed by atoms with Crippen molar-refractivity contribution in [3.05, 3.63) is 169 Å². The third-order valence-electron chi connectivity index (χ3n) is 10.0. The molecule has 0 radical (unpaired) electrons. The van der Waals surface area contributed by atoms with Gasteiger partial charge in [-0.25, -0.2) is 0 Å². The minimum Gasteiger partial charge on any atom is -0.0622 e. The number of benzene rings is 8. The molecule has 0 heterocycles. The van der Waals surface area contributed by atoms with Gasteiger partial charge in [-0.1, -0.05) is 166 Å². The second kappa shape index (κ2) is 9.78. The predicted molar refractivity (Wildman–Crippen MR) is 193 cm³/mol. The standard InChI is InChI=1S/C45H32/c1-45(2)40-27-26-30-16-6-7-19-33(30)43(40)39-25-13-24-38(44(39)45)42-36-22-10-8-20-34(36)41(35-21-9-11-23-37(35)42)32-18-12-17-31(28-32)29-14-4-3-5-15-29/h3-28H,1-2H3. The summed E-state index contributed by atoms with van der Waals surface area (Å²) in [6.07, 6.45) is 0. The van der Waals surface area contributed by atoms with Crippen molar-refractivity contribution in [2.75, 3.05) is 0 Å². The van der Waals surface area contributed by atoms with Gasteiger partial charge in [0.05, 0.1) is 0 Å². The summed E-state index contributed by atoms with van der Waals surface area (Å²) >= 11 is 0. The molecule has 0 aliphatic heterocycles. The zero-order valence-corrected chi connectivity index (χ0v) is 25.5. The van der Waals surface area contributed by atoms with Crippen LogP contribution in [0.25, 0.3) is 76.8 Å². The van der Waals surface area contributed by atoms with Gasteiger partial charge in [0.2, 0.25) is 0 Å². The van der Waals surface area contributed by atoms with Crippen molar-refractivity contribution in [2.24, 2.45) is 0 Å². The second-order valence-electron chi connectivity index (χ2n) is 12.9. The van der Waals surface area contributed by atoms with Gasteiger partial charge in [0.25, 0.3) is 0 Å². The molecule has 8 aromatic carbocycles. The summed E-state index contributed by atoms with van der Waals surface area (Å²) in [5.74, 6) is 0. The molecule has 0 fully saturated rings. The van der Waals surface area contributed by atoms with Gasteiger partial charge in [-0.15, -0.1) is 0 Å². The molecule has 0 nitrogen and oxygen atoms in total. The van der Waals surface area contributed by atoms with Crippen molar-refractivity contribution in [1.82, 2.24) is 0 Å². The van der Waals surface area contributed by atoms with Crippen LogP contribution in [0.3, 0.4) is 0 Å². The lowest BCUT2D eigenvalue weighted by Gasteiger charge is -2.26. The maximum Gasteiger partial charge on any atom is 0.0165 e. The van der Waals surface area contributed by atoms with E-state index >= 15 is 0 Å². The first-order valence-electron chi connectivity index (χ1n) is 15.9. The Labute approximate surface area is 264 Å². The topological polar surface area (TPSA) is 0 Å². The SMILES string of the molecule is CC1(C)c2ccc3ccccc3c2-c2cccc(-c3c4ccccc4c(-c4cccc(-c5ccccc5)c4)c4ccccc34)c21. The summed E-state index contributed by atoms with van der Waals surface area (Å²) < 4.78 is 0. The molecule has 8 aromatic rings. The minimum atomic E-state index is -0.143. The Bertz CT molecular complexity index is 2390. The van der Waals surface area contributed by atoms with Crippen molar-refractivity contribution in [2.45, 2.75) is 19.3 Å². The maximum atomic E-state index is 2.41. The third-order valence-corrected chi connectivity index (χ3v) is 10.0. The molecule has 0 unspecified atom stereocenters. The molecule has 0 atom stereocenters. The Kier molecular flexibility index (Phi) is 5.64. The highest BCUT2D eigenvalue weighted by atomic mass is 14.4. The molecule has 0 saturated heterocycles. The van der Waals surface area contributed by atoms with Crippen LogP contribution in [0.15, 0.2) is 158 Å². The molecule has 0 amide bonds. The Morgan fingerprint density at radius 2 is 0.867 bits per heavy atom. The zero-order valence-electron chi connectivity index (χ0n) is 25.5. The van der Waals surface area contributed by atoms with Crippen LogP contribution in [0, 0.1) is 0 Å². The highest BCUT2D eigenvalue weighted by Crippen LogP contribution is 2.56. The molecule has 0 heteroatoms. The van der Waals surface area contributed by atoms with E-state index in [9.17, 15) is 0 Å². The molecular weight excluding hydrogens is 540 g/mol. The van der Waals surface area contributed by atoms with Gasteiger partial charge in [-0.2, -0.15) is 0 Å². The van der Waals surface area contributed by atoms with E-state index < -0.39 is 0 Å². The van der Waals surface area contributed by atoms with Crippen LogP contribution < -0.4 is 0 Å². The fourth-order valence-corrected chi connectivity index (χ4v) is 8.07. The monoisotopic (exact) mass is 572 g/mol. The van der Waals surface area contributed by atoms with E-state index in [0.29, 0.717) is 0 Å². The molecular formula is C45H32. The number of hydrogen-bond donors (Lipinski definition) is 0. The minimum absolute atomic E-state index is 0.143. The van der Waals surface area contributed by atoms with Gasteiger partial charge < -0.3 is 0 Å². The summed E-state index contributed by atoms with van der Waals surface area (Å²) in [5, 5.41) is 7.79. The molecule has 0 bridgehead atoms. The number of fused-ring (bicyclic) bond motifs is 7. The first-order chi connectivity index (χ1) is 22.1. The van der Waals surface area contributed by atoms with Gasteiger partial charge in [-0.3, -0.25) is 0 Å². The highest BCUT2D eigenvalue weighted by molar-refractivity contribution is 6.22. The Morgan fingerprint density at radius 1 is 0.356 bits per heavy atom. The number of rotatable bonds is 3. The second-order valence-corrected chi connectivity index (χ2v) is 12.9. The van der Waals surface area contributed by atoms with Crippen LogP contribution in [0.5, 0.6) is 0 Å². The molecule has 0 N–H and O–H groups in total. The molecule has 0 aromatic heterocycles. The molecule has 0 saturated carbocycles. The quantitative estimate of drug-likeness (QED) is 0.185. The lowest BCUT2D eigenvalue weighted by molar-refractivity contribution is 0.663. The molecule has 212 valence electrons. The molecule has 0 spiro atoms. The summed E-state index contributed by atoms with van der Waals surface area (Å²) in [6, 6.07) is 58.2. The van der Waals surface area contributed by atoms with Gasteiger partial charge >= 0.3 is 0 Å². The average molecular weight is 573 g/mol. The third kappa shape index (κ3) is 3.79. The van der Waals surface area contributed by atoms with Crippen molar-refractivity contribution in [3.8, 4) is 44.5 Å². The van der Waals surface area contributed by atoms with Crippen molar-refractivity contribution in [3.63, 3.8) is 0 Å². The van der Waals surface area contributed by atoms with Crippen molar-refractivity contribution in [1.29, 1.82) is 0 Å². The van der Waals surface area contributed by atoms with Gasteiger partial charge in [0.1, 0.15) is 0 Å². The molecule has 1 aliphatic carbocycles. The summed E-state index contributed by atoms with van der Waals surface area (Å²) in [6.45, 7) is 4.81. The van der Waals surface area contributed by atoms with E-state index in [1.807, 2.05) is 0 Å². The van der Waals surface area contributed by atoms with E-state index in [0.717, 1.165) is 0 Å². The highest BCUT2D eigenvalue weighted by Gasteiger charge is 2.39. The van der Waals surface area contributed by atoms with Crippen LogP contribution in [0.4, 0.5) is 0 Å². The molecule has 45 heavy (non-hydrogen) atoms. The van der Waals surface area contributed by atoms with E-state index in [-0.39, 0.29) is 5.41 Å². The summed E-state index contributed by atoms with van der Waals surface area (Å²) in [4.78, 5) is 0. The molecule has 1 aliphatic rings. The fraction of sp³-hybridized carbons (Fsp3) is 0.0667. The van der Waals surface area contributed by atoms with E-state index in [4.69, 9.17) is 0 Å². The largest absolute Gasteiger partial charge is 0.0622 e. The normalized spacial score (nSPS) is 13.3. The van der Waals surface area contributed by atoms with E-state index in [1.165, 1.54) is 88.0 Å². The van der Waals surface area contributed by atoms with Crippen molar-refractivity contribution >= 4 is 32.3 Å².